The Morgan fingerprint density at radius 2 is 1.95 bits per heavy atom. The van der Waals surface area contributed by atoms with Gasteiger partial charge in [0.05, 0.1) is 45.3 Å². The SMILES string of the molecule is Cc1ncc(C(F)(F)F)s1.Cn1cc(S(=O)N(C2CC2)C2CCC3=CC(=Nc4ccc(F)nc4)/C(=C\N)CC3(C=O)C2)cn1. The number of hydrogen-bond donors (Lipinski definition) is 1. The lowest BCUT2D eigenvalue weighted by Crippen LogP contribution is -2.47. The van der Waals surface area contributed by atoms with Crippen molar-refractivity contribution < 1.29 is 26.6 Å². The second kappa shape index (κ2) is 12.8. The molecule has 2 N–H and O–H groups in total. The Kier molecular flexibility index (Phi) is 9.28. The van der Waals surface area contributed by atoms with Crippen LogP contribution < -0.4 is 5.73 Å². The number of hydrogen-bond acceptors (Lipinski definition) is 8. The van der Waals surface area contributed by atoms with Gasteiger partial charge >= 0.3 is 6.18 Å². The fourth-order valence-corrected chi connectivity index (χ4v) is 7.72. The normalized spacial score (nSPS) is 24.4. The van der Waals surface area contributed by atoms with Crippen LogP contribution in [0.2, 0.25) is 0 Å². The predicted octanol–water partition coefficient (Wildman–Crippen LogP) is 5.59. The number of aldehydes is 1. The first-order chi connectivity index (χ1) is 20.9. The summed E-state index contributed by atoms with van der Waals surface area (Å²) in [5, 5.41) is 4.62. The van der Waals surface area contributed by atoms with Gasteiger partial charge < -0.3 is 10.5 Å². The maximum absolute atomic E-state index is 13.5. The van der Waals surface area contributed by atoms with Gasteiger partial charge in [0.25, 0.3) is 0 Å². The molecule has 2 fully saturated rings. The number of allylic oxidation sites excluding steroid dienone is 3. The van der Waals surface area contributed by atoms with Gasteiger partial charge in [-0.1, -0.05) is 5.57 Å². The number of pyridine rings is 1. The highest BCUT2D eigenvalue weighted by molar-refractivity contribution is 7.82. The fourth-order valence-electron chi connectivity index (χ4n) is 5.52. The van der Waals surface area contributed by atoms with Crippen molar-refractivity contribution in [3.8, 4) is 0 Å². The standard InChI is InChI=1S/C24H27FN6O2S.C5H4F3NS/c1-30-14-21(13-28-30)34(33)31(19-5-6-19)20-4-2-17-8-22(29-18-3-7-23(25)27-12-18)16(11-26)9-24(17,10-20)15-32;1-3-9-2-4(10-3)5(6,7)8/h3,7-8,11-15,19-20H,2,4-6,9-10,26H2,1H3;2H,1H3/b16-11-,29-22?;. The molecule has 0 spiro atoms. The smallest absolute Gasteiger partial charge is 0.404 e. The number of thiazole rings is 1. The molecule has 0 amide bonds. The van der Waals surface area contributed by atoms with Crippen LogP contribution >= 0.6 is 11.3 Å². The van der Waals surface area contributed by atoms with E-state index in [1.807, 2.05) is 13.1 Å². The van der Waals surface area contributed by atoms with Crippen molar-refractivity contribution in [3.63, 3.8) is 0 Å². The third kappa shape index (κ3) is 7.05. The van der Waals surface area contributed by atoms with Crippen LogP contribution in [0.5, 0.6) is 0 Å². The number of aryl methyl sites for hydroxylation is 2. The molecule has 3 aliphatic rings. The second-order valence-corrected chi connectivity index (χ2v) is 13.6. The summed E-state index contributed by atoms with van der Waals surface area (Å²) < 4.78 is 65.7. The highest BCUT2D eigenvalue weighted by Gasteiger charge is 2.48. The molecule has 3 unspecified atom stereocenters. The third-order valence-electron chi connectivity index (χ3n) is 7.76. The van der Waals surface area contributed by atoms with Gasteiger partial charge in [-0.15, -0.1) is 11.3 Å². The Morgan fingerprint density at radius 1 is 1.18 bits per heavy atom. The number of alkyl halides is 3. The van der Waals surface area contributed by atoms with Crippen molar-refractivity contribution >= 4 is 40.0 Å². The zero-order valence-electron chi connectivity index (χ0n) is 24.0. The molecule has 0 aliphatic heterocycles. The molecule has 3 aromatic rings. The number of fused-ring (bicyclic) bond motifs is 1. The van der Waals surface area contributed by atoms with Crippen molar-refractivity contribution in [1.29, 1.82) is 0 Å². The molecule has 9 nitrogen and oxygen atoms in total. The minimum atomic E-state index is -4.23. The number of nitrogens with zero attached hydrogens (tertiary/aromatic N) is 6. The Balaban J connectivity index is 0.000000328. The van der Waals surface area contributed by atoms with Gasteiger partial charge in [0.15, 0.2) is 0 Å². The zero-order valence-corrected chi connectivity index (χ0v) is 25.6. The van der Waals surface area contributed by atoms with E-state index in [4.69, 9.17) is 5.73 Å². The van der Waals surface area contributed by atoms with E-state index in [0.29, 0.717) is 51.9 Å². The summed E-state index contributed by atoms with van der Waals surface area (Å²) in [5.41, 5.74) is 8.20. The molecule has 3 heterocycles. The molecule has 0 aromatic carbocycles. The Morgan fingerprint density at radius 3 is 2.48 bits per heavy atom. The van der Waals surface area contributed by atoms with Gasteiger partial charge in [0.1, 0.15) is 22.1 Å². The van der Waals surface area contributed by atoms with Crippen molar-refractivity contribution in [1.82, 2.24) is 24.1 Å². The maximum atomic E-state index is 13.5. The largest absolute Gasteiger partial charge is 0.427 e. The number of halogens is 4. The van der Waals surface area contributed by atoms with Gasteiger partial charge in [-0.3, -0.25) is 4.68 Å². The first-order valence-electron chi connectivity index (χ1n) is 13.9. The van der Waals surface area contributed by atoms with E-state index in [2.05, 4.69) is 24.4 Å². The van der Waals surface area contributed by atoms with Crippen LogP contribution in [0.1, 0.15) is 48.4 Å². The summed E-state index contributed by atoms with van der Waals surface area (Å²) in [5.74, 6) is -0.567. The van der Waals surface area contributed by atoms with Crippen LogP contribution in [0.3, 0.4) is 0 Å². The molecule has 3 aliphatic carbocycles. The predicted molar refractivity (Wildman–Crippen MR) is 159 cm³/mol. The third-order valence-corrected chi connectivity index (χ3v) is 10.3. The lowest BCUT2D eigenvalue weighted by molar-refractivity contribution is -0.134. The van der Waals surface area contributed by atoms with Crippen LogP contribution in [-0.2, 0) is 29.0 Å². The number of nitrogens with two attached hydrogens (primary N) is 1. The van der Waals surface area contributed by atoms with E-state index in [-0.39, 0.29) is 12.1 Å². The van der Waals surface area contributed by atoms with E-state index in [9.17, 15) is 26.6 Å². The highest BCUT2D eigenvalue weighted by atomic mass is 32.2. The lowest BCUT2D eigenvalue weighted by Gasteiger charge is -2.45. The molecule has 15 heteroatoms. The van der Waals surface area contributed by atoms with Gasteiger partial charge in [-0.2, -0.15) is 22.7 Å². The molecule has 44 heavy (non-hydrogen) atoms. The van der Waals surface area contributed by atoms with E-state index in [0.717, 1.165) is 42.9 Å². The van der Waals surface area contributed by atoms with Crippen molar-refractivity contribution in [3.05, 3.63) is 76.2 Å². The van der Waals surface area contributed by atoms with Crippen LogP contribution in [0.4, 0.5) is 23.2 Å². The zero-order chi connectivity index (χ0) is 31.6. The van der Waals surface area contributed by atoms with E-state index in [1.165, 1.54) is 18.5 Å². The minimum absolute atomic E-state index is 0.00898. The van der Waals surface area contributed by atoms with Crippen LogP contribution in [0, 0.1) is 18.3 Å². The molecular formula is C29H31F4N7O2S2. The summed E-state index contributed by atoms with van der Waals surface area (Å²) in [4.78, 5) is 24.4. The number of carbonyl (C=O) groups excluding carboxylic acids is 1. The molecule has 3 aromatic heterocycles. The quantitative estimate of drug-likeness (QED) is 0.211. The Bertz CT molecular complexity index is 1630. The van der Waals surface area contributed by atoms with Crippen molar-refractivity contribution in [2.75, 3.05) is 0 Å². The molecule has 2 saturated carbocycles. The van der Waals surface area contributed by atoms with E-state index < -0.39 is 33.4 Å². The van der Waals surface area contributed by atoms with Crippen LogP contribution in [-0.4, -0.2) is 52.3 Å². The maximum Gasteiger partial charge on any atom is 0.427 e. The van der Waals surface area contributed by atoms with Crippen molar-refractivity contribution in [2.24, 2.45) is 23.2 Å². The van der Waals surface area contributed by atoms with Crippen molar-refractivity contribution in [2.45, 2.75) is 68.6 Å². The van der Waals surface area contributed by atoms with Gasteiger partial charge in [0, 0.05) is 25.3 Å². The van der Waals surface area contributed by atoms with Gasteiger partial charge in [-0.25, -0.2) is 23.5 Å². The lowest BCUT2D eigenvalue weighted by atomic mass is 9.63. The van der Waals surface area contributed by atoms with Crippen LogP contribution in [0.25, 0.3) is 0 Å². The first kappa shape index (κ1) is 31.9. The highest BCUT2D eigenvalue weighted by Crippen LogP contribution is 2.50. The van der Waals surface area contributed by atoms with Gasteiger partial charge in [-0.05, 0) is 75.4 Å². The Hall–Kier alpha value is -3.56. The molecule has 0 bridgehead atoms. The average molecular weight is 650 g/mol. The average Bonchev–Trinajstić information content (AvgIpc) is 3.55. The van der Waals surface area contributed by atoms with E-state index >= 15 is 0 Å². The monoisotopic (exact) mass is 649 g/mol. The molecule has 3 atom stereocenters. The molecular weight excluding hydrogens is 618 g/mol. The fraction of sp³-hybridized carbons (Fsp3) is 0.414. The van der Waals surface area contributed by atoms with Crippen LogP contribution in [0.15, 0.2) is 70.2 Å². The topological polar surface area (TPSA) is 119 Å². The minimum Gasteiger partial charge on any atom is -0.404 e. The molecule has 6 rings (SSSR count). The molecule has 234 valence electrons. The number of aliphatic imine (C=N–C) groups is 1. The number of aromatic nitrogens is 4. The summed E-state index contributed by atoms with van der Waals surface area (Å²) in [6, 6.07) is 3.09. The summed E-state index contributed by atoms with van der Waals surface area (Å²) >= 11 is 0.659. The number of carbonyl (C=O) groups is 1. The molecule has 0 saturated heterocycles. The molecule has 0 radical (unpaired) electrons. The van der Waals surface area contributed by atoms with E-state index in [1.54, 1.807) is 30.1 Å². The summed E-state index contributed by atoms with van der Waals surface area (Å²) in [7, 11) is 0.481. The van der Waals surface area contributed by atoms with Gasteiger partial charge in [0.2, 0.25) is 5.95 Å². The second-order valence-electron chi connectivity index (χ2n) is 11.0. The first-order valence-corrected chi connectivity index (χ1v) is 15.8. The summed E-state index contributed by atoms with van der Waals surface area (Å²) in [6.07, 6.45) is 10.4. The summed E-state index contributed by atoms with van der Waals surface area (Å²) in [6.45, 7) is 1.54. The number of rotatable bonds is 6. The Labute approximate surface area is 258 Å².